The number of rotatable bonds is 5. The Hall–Kier alpha value is -2.01. The van der Waals surface area contributed by atoms with Crippen molar-refractivity contribution in [1.82, 2.24) is 4.90 Å². The summed E-state index contributed by atoms with van der Waals surface area (Å²) < 4.78 is 11.7. The Labute approximate surface area is 144 Å². The highest BCUT2D eigenvalue weighted by atomic mass is 79.9. The largest absolute Gasteiger partial charge is 0.454 e. The SMILES string of the molecule is CN(Cc1ccccc1Br)C(=O)CCc1ccc2c(c1)OCO2. The second-order valence-electron chi connectivity index (χ2n) is 5.53. The van der Waals surface area contributed by atoms with E-state index in [1.807, 2.05) is 49.5 Å². The molecule has 4 nitrogen and oxygen atoms in total. The second-order valence-corrected chi connectivity index (χ2v) is 6.38. The Morgan fingerprint density at radius 2 is 1.96 bits per heavy atom. The lowest BCUT2D eigenvalue weighted by Crippen LogP contribution is -2.26. The minimum atomic E-state index is 0.124. The van der Waals surface area contributed by atoms with Crippen LogP contribution in [-0.4, -0.2) is 24.6 Å². The van der Waals surface area contributed by atoms with Crippen LogP contribution >= 0.6 is 15.9 Å². The van der Waals surface area contributed by atoms with Gasteiger partial charge in [0.2, 0.25) is 12.7 Å². The van der Waals surface area contributed by atoms with Crippen LogP contribution in [0.4, 0.5) is 0 Å². The number of hydrogen-bond donors (Lipinski definition) is 0. The summed E-state index contributed by atoms with van der Waals surface area (Å²) in [7, 11) is 1.83. The van der Waals surface area contributed by atoms with Crippen LogP contribution in [0.1, 0.15) is 17.5 Å². The van der Waals surface area contributed by atoms with Crippen LogP contribution in [0.5, 0.6) is 11.5 Å². The minimum absolute atomic E-state index is 0.124. The van der Waals surface area contributed by atoms with Crippen LogP contribution < -0.4 is 9.47 Å². The molecule has 0 aromatic heterocycles. The third-order valence-corrected chi connectivity index (χ3v) is 4.63. The summed E-state index contributed by atoms with van der Waals surface area (Å²) in [6, 6.07) is 13.8. The predicted molar refractivity (Wildman–Crippen MR) is 91.5 cm³/mol. The van der Waals surface area contributed by atoms with Gasteiger partial charge >= 0.3 is 0 Å². The molecule has 23 heavy (non-hydrogen) atoms. The van der Waals surface area contributed by atoms with Crippen molar-refractivity contribution in [2.24, 2.45) is 0 Å². The molecule has 0 aliphatic carbocycles. The van der Waals surface area contributed by atoms with E-state index in [-0.39, 0.29) is 12.7 Å². The lowest BCUT2D eigenvalue weighted by molar-refractivity contribution is -0.130. The number of hydrogen-bond acceptors (Lipinski definition) is 3. The summed E-state index contributed by atoms with van der Waals surface area (Å²) in [6.07, 6.45) is 1.16. The molecule has 0 unspecified atom stereocenters. The fourth-order valence-electron chi connectivity index (χ4n) is 2.51. The molecule has 1 aliphatic heterocycles. The number of amides is 1. The van der Waals surface area contributed by atoms with Crippen molar-refractivity contribution in [1.29, 1.82) is 0 Å². The number of fused-ring (bicyclic) bond motifs is 1. The standard InChI is InChI=1S/C18H18BrNO3/c1-20(11-14-4-2-3-5-15(14)19)18(21)9-7-13-6-8-16-17(10-13)23-12-22-16/h2-6,8,10H,7,9,11-12H2,1H3. The number of benzene rings is 2. The molecule has 120 valence electrons. The number of aryl methyl sites for hydroxylation is 1. The molecule has 0 radical (unpaired) electrons. The van der Waals surface area contributed by atoms with Crippen molar-refractivity contribution in [2.45, 2.75) is 19.4 Å². The van der Waals surface area contributed by atoms with E-state index in [9.17, 15) is 4.79 Å². The zero-order chi connectivity index (χ0) is 16.2. The van der Waals surface area contributed by atoms with Gasteiger partial charge in [-0.15, -0.1) is 0 Å². The van der Waals surface area contributed by atoms with Crippen LogP contribution in [-0.2, 0) is 17.8 Å². The van der Waals surface area contributed by atoms with Gasteiger partial charge in [0, 0.05) is 24.5 Å². The molecular weight excluding hydrogens is 358 g/mol. The molecule has 2 aromatic carbocycles. The van der Waals surface area contributed by atoms with Crippen molar-refractivity contribution in [3.63, 3.8) is 0 Å². The van der Waals surface area contributed by atoms with Gasteiger partial charge in [-0.3, -0.25) is 4.79 Å². The van der Waals surface area contributed by atoms with E-state index in [2.05, 4.69) is 15.9 Å². The first-order valence-corrected chi connectivity index (χ1v) is 8.28. The van der Waals surface area contributed by atoms with Crippen LogP contribution in [0.2, 0.25) is 0 Å². The fourth-order valence-corrected chi connectivity index (χ4v) is 2.92. The first-order valence-electron chi connectivity index (χ1n) is 7.49. The Bertz CT molecular complexity index is 717. The van der Waals surface area contributed by atoms with Gasteiger partial charge in [0.05, 0.1) is 0 Å². The Morgan fingerprint density at radius 1 is 1.17 bits per heavy atom. The Morgan fingerprint density at radius 3 is 2.78 bits per heavy atom. The molecule has 5 heteroatoms. The number of halogens is 1. The van der Waals surface area contributed by atoms with Crippen LogP contribution in [0.15, 0.2) is 46.9 Å². The molecule has 0 spiro atoms. The molecule has 1 heterocycles. The van der Waals surface area contributed by atoms with E-state index in [0.29, 0.717) is 19.4 Å². The Balaban J connectivity index is 1.55. The van der Waals surface area contributed by atoms with Gasteiger partial charge in [-0.2, -0.15) is 0 Å². The van der Waals surface area contributed by atoms with Crippen LogP contribution in [0.3, 0.4) is 0 Å². The molecule has 0 saturated carbocycles. The maximum atomic E-state index is 12.3. The monoisotopic (exact) mass is 375 g/mol. The first kappa shape index (κ1) is 15.9. The van der Waals surface area contributed by atoms with E-state index in [0.717, 1.165) is 27.1 Å². The third-order valence-electron chi connectivity index (χ3n) is 3.86. The lowest BCUT2D eigenvalue weighted by Gasteiger charge is -2.18. The van der Waals surface area contributed by atoms with Gasteiger partial charge in [-0.05, 0) is 35.7 Å². The topological polar surface area (TPSA) is 38.8 Å². The molecule has 0 bridgehead atoms. The van der Waals surface area contributed by atoms with E-state index in [4.69, 9.17) is 9.47 Å². The smallest absolute Gasteiger partial charge is 0.231 e. The Kier molecular flexibility index (Phi) is 4.86. The number of nitrogens with zero attached hydrogens (tertiary/aromatic N) is 1. The summed E-state index contributed by atoms with van der Waals surface area (Å²) in [5.74, 6) is 1.65. The predicted octanol–water partition coefficient (Wildman–Crippen LogP) is 3.77. The van der Waals surface area contributed by atoms with E-state index >= 15 is 0 Å². The summed E-state index contributed by atoms with van der Waals surface area (Å²) in [6.45, 7) is 0.869. The zero-order valence-corrected chi connectivity index (χ0v) is 14.5. The van der Waals surface area contributed by atoms with Gasteiger partial charge in [-0.1, -0.05) is 40.2 Å². The quantitative estimate of drug-likeness (QED) is 0.798. The summed E-state index contributed by atoms with van der Waals surface area (Å²) in [4.78, 5) is 14.1. The normalized spacial score (nSPS) is 12.3. The van der Waals surface area contributed by atoms with Crippen LogP contribution in [0, 0.1) is 0 Å². The molecule has 0 N–H and O–H groups in total. The number of ether oxygens (including phenoxy) is 2. The molecule has 1 aliphatic rings. The van der Waals surface area contributed by atoms with Crippen molar-refractivity contribution in [3.05, 3.63) is 58.1 Å². The maximum Gasteiger partial charge on any atom is 0.231 e. The first-order chi connectivity index (χ1) is 11.1. The molecule has 2 aromatic rings. The summed E-state index contributed by atoms with van der Waals surface area (Å²) >= 11 is 3.51. The van der Waals surface area contributed by atoms with Gasteiger partial charge in [0.25, 0.3) is 0 Å². The average Bonchev–Trinajstić information content (AvgIpc) is 3.02. The van der Waals surface area contributed by atoms with Gasteiger partial charge in [-0.25, -0.2) is 0 Å². The van der Waals surface area contributed by atoms with Crippen molar-refractivity contribution < 1.29 is 14.3 Å². The van der Waals surface area contributed by atoms with Crippen molar-refractivity contribution in [3.8, 4) is 11.5 Å². The van der Waals surface area contributed by atoms with E-state index in [1.165, 1.54) is 0 Å². The second kappa shape index (κ2) is 7.04. The highest BCUT2D eigenvalue weighted by molar-refractivity contribution is 9.10. The minimum Gasteiger partial charge on any atom is -0.454 e. The zero-order valence-electron chi connectivity index (χ0n) is 12.9. The third kappa shape index (κ3) is 3.85. The van der Waals surface area contributed by atoms with Crippen LogP contribution in [0.25, 0.3) is 0 Å². The van der Waals surface area contributed by atoms with E-state index < -0.39 is 0 Å². The molecule has 0 fully saturated rings. The highest BCUT2D eigenvalue weighted by Gasteiger charge is 2.15. The lowest BCUT2D eigenvalue weighted by atomic mass is 10.1. The van der Waals surface area contributed by atoms with Gasteiger partial charge in [0.1, 0.15) is 0 Å². The number of carbonyl (C=O) groups excluding carboxylic acids is 1. The van der Waals surface area contributed by atoms with Gasteiger partial charge < -0.3 is 14.4 Å². The van der Waals surface area contributed by atoms with Crippen molar-refractivity contribution in [2.75, 3.05) is 13.8 Å². The highest BCUT2D eigenvalue weighted by Crippen LogP contribution is 2.32. The molecular formula is C18H18BrNO3. The molecule has 1 amide bonds. The summed E-state index contributed by atoms with van der Waals surface area (Å²) in [5, 5.41) is 0. The fraction of sp³-hybridized carbons (Fsp3) is 0.278. The molecule has 0 saturated heterocycles. The average molecular weight is 376 g/mol. The van der Waals surface area contributed by atoms with Crippen molar-refractivity contribution >= 4 is 21.8 Å². The summed E-state index contributed by atoms with van der Waals surface area (Å²) in [5.41, 5.74) is 2.18. The number of carbonyl (C=O) groups is 1. The van der Waals surface area contributed by atoms with E-state index in [1.54, 1.807) is 4.90 Å². The molecule has 3 rings (SSSR count). The molecule has 0 atom stereocenters. The van der Waals surface area contributed by atoms with Gasteiger partial charge in [0.15, 0.2) is 11.5 Å². The maximum absolute atomic E-state index is 12.3.